The molecule has 1 saturated carbocycles. The molecule has 1 fully saturated rings. The summed E-state index contributed by atoms with van der Waals surface area (Å²) >= 11 is 6.17. The first-order chi connectivity index (χ1) is 17.5. The smallest absolute Gasteiger partial charge is 0.248 e. The third kappa shape index (κ3) is 6.73. The largest absolute Gasteiger partial charge is 0.503 e. The molecule has 0 heterocycles. The van der Waals surface area contributed by atoms with Crippen molar-refractivity contribution in [2.45, 2.75) is 44.8 Å². The molecule has 0 spiro atoms. The number of hydrogen-bond donors (Lipinski definition) is 2. The van der Waals surface area contributed by atoms with Crippen molar-refractivity contribution in [3.8, 4) is 23.0 Å². The van der Waals surface area contributed by atoms with Gasteiger partial charge in [-0.25, -0.2) is 0 Å². The standard InChI is InChI=1S/C29H30ClNO5/c1-34-26-16-14-20(28(30)29(26)33)15-17-27(32)31-25-13-6-5-8-21(25)19-35-23-11-7-12-24(18-23)36-22-9-3-2-4-10-22/h5-8,11-18,22,33H,2-4,9-10,19H2,1H3,(H,31,32). The Bertz CT molecular complexity index is 1220. The van der Waals surface area contributed by atoms with Crippen molar-refractivity contribution in [2.24, 2.45) is 0 Å². The summed E-state index contributed by atoms with van der Waals surface area (Å²) in [6, 6.07) is 18.4. The lowest BCUT2D eigenvalue weighted by molar-refractivity contribution is -0.111. The molecule has 1 aliphatic rings. The molecule has 0 aliphatic heterocycles. The number of nitrogens with one attached hydrogen (secondary N) is 1. The molecule has 3 aromatic carbocycles. The van der Waals surface area contributed by atoms with Crippen LogP contribution in [0.25, 0.3) is 6.08 Å². The fraction of sp³-hybridized carbons (Fsp3) is 0.276. The maximum absolute atomic E-state index is 12.6. The quantitative estimate of drug-likeness (QED) is 0.305. The minimum atomic E-state index is -0.336. The highest BCUT2D eigenvalue weighted by Crippen LogP contribution is 2.36. The summed E-state index contributed by atoms with van der Waals surface area (Å²) in [5.74, 6) is 1.28. The van der Waals surface area contributed by atoms with Crippen molar-refractivity contribution in [3.05, 3.63) is 82.9 Å². The number of para-hydroxylation sites is 1. The Morgan fingerprint density at radius 1 is 1.06 bits per heavy atom. The van der Waals surface area contributed by atoms with Crippen LogP contribution in [0.5, 0.6) is 23.0 Å². The zero-order valence-electron chi connectivity index (χ0n) is 20.2. The zero-order valence-corrected chi connectivity index (χ0v) is 21.0. The number of carbonyl (C=O) groups excluding carboxylic acids is 1. The van der Waals surface area contributed by atoms with Crippen LogP contribution >= 0.6 is 11.6 Å². The van der Waals surface area contributed by atoms with Crippen molar-refractivity contribution in [1.82, 2.24) is 0 Å². The van der Waals surface area contributed by atoms with Gasteiger partial charge in [-0.15, -0.1) is 0 Å². The van der Waals surface area contributed by atoms with Crippen LogP contribution < -0.4 is 19.5 Å². The number of aromatic hydroxyl groups is 1. The van der Waals surface area contributed by atoms with Gasteiger partial charge >= 0.3 is 0 Å². The van der Waals surface area contributed by atoms with Crippen LogP contribution in [0.4, 0.5) is 5.69 Å². The SMILES string of the molecule is COc1ccc(C=CC(=O)Nc2ccccc2COc2cccc(OC3CCCCC3)c2)c(Cl)c1O. The van der Waals surface area contributed by atoms with Crippen LogP contribution in [0.1, 0.15) is 43.2 Å². The molecule has 6 nitrogen and oxygen atoms in total. The molecule has 0 bridgehead atoms. The molecule has 7 heteroatoms. The predicted octanol–water partition coefficient (Wildman–Crippen LogP) is 7.00. The second kappa shape index (κ2) is 12.4. The van der Waals surface area contributed by atoms with E-state index >= 15 is 0 Å². The van der Waals surface area contributed by atoms with Crippen LogP contribution in [0, 0.1) is 0 Å². The molecule has 0 saturated heterocycles. The number of phenols is 1. The van der Waals surface area contributed by atoms with E-state index in [0.29, 0.717) is 17.0 Å². The Morgan fingerprint density at radius 3 is 2.64 bits per heavy atom. The van der Waals surface area contributed by atoms with E-state index < -0.39 is 0 Å². The molecule has 1 aliphatic carbocycles. The minimum absolute atomic E-state index is 0.113. The minimum Gasteiger partial charge on any atom is -0.503 e. The number of rotatable bonds is 9. The number of phenolic OH excluding ortho intramolecular Hbond substituents is 1. The number of anilines is 1. The third-order valence-electron chi connectivity index (χ3n) is 6.07. The van der Waals surface area contributed by atoms with E-state index in [9.17, 15) is 9.90 Å². The molecule has 0 radical (unpaired) electrons. The Kier molecular flexibility index (Phi) is 8.74. The highest BCUT2D eigenvalue weighted by molar-refractivity contribution is 6.33. The van der Waals surface area contributed by atoms with E-state index in [-0.39, 0.29) is 35.1 Å². The van der Waals surface area contributed by atoms with Gasteiger partial charge in [0.1, 0.15) is 18.1 Å². The fourth-order valence-corrected chi connectivity index (χ4v) is 4.36. The van der Waals surface area contributed by atoms with Crippen molar-refractivity contribution in [3.63, 3.8) is 0 Å². The fourth-order valence-electron chi connectivity index (χ4n) is 4.14. The number of amides is 1. The van der Waals surface area contributed by atoms with Gasteiger partial charge in [-0.3, -0.25) is 4.79 Å². The Balaban J connectivity index is 1.37. The summed E-state index contributed by atoms with van der Waals surface area (Å²) in [6.07, 6.45) is 9.08. The molecule has 3 aromatic rings. The third-order valence-corrected chi connectivity index (χ3v) is 6.47. The summed E-state index contributed by atoms with van der Waals surface area (Å²) in [5.41, 5.74) is 1.97. The van der Waals surface area contributed by atoms with Crippen LogP contribution in [0.2, 0.25) is 5.02 Å². The van der Waals surface area contributed by atoms with E-state index in [2.05, 4.69) is 5.32 Å². The van der Waals surface area contributed by atoms with Gasteiger partial charge in [-0.1, -0.05) is 42.3 Å². The Hall–Kier alpha value is -3.64. The monoisotopic (exact) mass is 507 g/mol. The van der Waals surface area contributed by atoms with Crippen molar-refractivity contribution in [2.75, 3.05) is 12.4 Å². The molecule has 0 unspecified atom stereocenters. The van der Waals surface area contributed by atoms with Gasteiger partial charge in [0.05, 0.1) is 18.2 Å². The van der Waals surface area contributed by atoms with Gasteiger partial charge in [0, 0.05) is 23.4 Å². The van der Waals surface area contributed by atoms with Gasteiger partial charge < -0.3 is 24.6 Å². The van der Waals surface area contributed by atoms with Crippen LogP contribution in [0.3, 0.4) is 0 Å². The molecular weight excluding hydrogens is 478 g/mol. The van der Waals surface area contributed by atoms with E-state index in [4.69, 9.17) is 25.8 Å². The topological polar surface area (TPSA) is 77.0 Å². The molecule has 0 atom stereocenters. The van der Waals surface area contributed by atoms with E-state index in [1.54, 1.807) is 12.1 Å². The van der Waals surface area contributed by atoms with Crippen LogP contribution in [0.15, 0.2) is 66.7 Å². The van der Waals surface area contributed by atoms with E-state index in [0.717, 1.165) is 24.2 Å². The predicted molar refractivity (Wildman–Crippen MR) is 142 cm³/mol. The molecule has 1 amide bonds. The number of carbonyl (C=O) groups is 1. The summed E-state index contributed by atoms with van der Waals surface area (Å²) < 4.78 is 17.2. The number of ether oxygens (including phenoxy) is 3. The van der Waals surface area contributed by atoms with E-state index in [1.165, 1.54) is 38.5 Å². The molecule has 0 aromatic heterocycles. The molecule has 2 N–H and O–H groups in total. The highest BCUT2D eigenvalue weighted by atomic mass is 35.5. The Morgan fingerprint density at radius 2 is 1.83 bits per heavy atom. The average Bonchev–Trinajstić information content (AvgIpc) is 2.90. The number of hydrogen-bond acceptors (Lipinski definition) is 5. The van der Waals surface area contributed by atoms with Crippen LogP contribution in [-0.2, 0) is 11.4 Å². The molecule has 188 valence electrons. The molecule has 36 heavy (non-hydrogen) atoms. The second-order valence-corrected chi connectivity index (χ2v) is 9.02. The summed E-state index contributed by atoms with van der Waals surface area (Å²) in [6.45, 7) is 0.283. The summed E-state index contributed by atoms with van der Waals surface area (Å²) in [5, 5.41) is 13.0. The summed E-state index contributed by atoms with van der Waals surface area (Å²) in [4.78, 5) is 12.6. The summed E-state index contributed by atoms with van der Waals surface area (Å²) in [7, 11) is 1.44. The zero-order chi connectivity index (χ0) is 25.3. The van der Waals surface area contributed by atoms with Gasteiger partial charge in [0.15, 0.2) is 11.5 Å². The maximum Gasteiger partial charge on any atom is 0.248 e. The maximum atomic E-state index is 12.6. The first kappa shape index (κ1) is 25.5. The lowest BCUT2D eigenvalue weighted by Crippen LogP contribution is -2.19. The number of methoxy groups -OCH3 is 1. The normalized spacial score (nSPS) is 13.9. The first-order valence-electron chi connectivity index (χ1n) is 12.1. The van der Waals surface area contributed by atoms with Crippen LogP contribution in [-0.4, -0.2) is 24.2 Å². The number of halogens is 1. The second-order valence-electron chi connectivity index (χ2n) is 8.64. The van der Waals surface area contributed by atoms with Gasteiger partial charge in [0.25, 0.3) is 0 Å². The van der Waals surface area contributed by atoms with Crippen molar-refractivity contribution < 1.29 is 24.1 Å². The average molecular weight is 508 g/mol. The Labute approximate surface area is 216 Å². The van der Waals surface area contributed by atoms with Gasteiger partial charge in [-0.05, 0) is 67.7 Å². The number of benzene rings is 3. The highest BCUT2D eigenvalue weighted by Gasteiger charge is 2.15. The molecule has 4 rings (SSSR count). The first-order valence-corrected chi connectivity index (χ1v) is 12.4. The van der Waals surface area contributed by atoms with Crippen molar-refractivity contribution >= 4 is 29.3 Å². The van der Waals surface area contributed by atoms with Gasteiger partial charge in [-0.2, -0.15) is 0 Å². The van der Waals surface area contributed by atoms with Gasteiger partial charge in [0.2, 0.25) is 5.91 Å². The molecular formula is C29H30ClNO5. The van der Waals surface area contributed by atoms with Crippen molar-refractivity contribution in [1.29, 1.82) is 0 Å². The van der Waals surface area contributed by atoms with E-state index in [1.807, 2.05) is 48.5 Å². The lowest BCUT2D eigenvalue weighted by Gasteiger charge is -2.23. The lowest BCUT2D eigenvalue weighted by atomic mass is 9.98.